The van der Waals surface area contributed by atoms with Crippen molar-refractivity contribution < 1.29 is 14.1 Å². The Labute approximate surface area is 169 Å². The number of rotatable bonds is 3. The molecular formula is C21H25N5O3. The van der Waals surface area contributed by atoms with Gasteiger partial charge in [-0.25, -0.2) is 5.01 Å². The topological polar surface area (TPSA) is 91.9 Å². The monoisotopic (exact) mass is 395 g/mol. The second-order valence-corrected chi connectivity index (χ2v) is 7.81. The number of piperidine rings is 1. The molecule has 8 nitrogen and oxygen atoms in total. The molecule has 3 heterocycles. The average molecular weight is 395 g/mol. The first kappa shape index (κ1) is 19.3. The summed E-state index contributed by atoms with van der Waals surface area (Å²) in [5.74, 6) is 1.01. The van der Waals surface area contributed by atoms with E-state index < -0.39 is 0 Å². The Morgan fingerprint density at radius 2 is 2.03 bits per heavy atom. The summed E-state index contributed by atoms with van der Waals surface area (Å²) in [4.78, 5) is 31.8. The molecule has 8 heteroatoms. The molecule has 0 aliphatic carbocycles. The molecule has 1 saturated heterocycles. The second kappa shape index (κ2) is 7.77. The number of likely N-dealkylation sites (tertiary alicyclic amines) is 1. The van der Waals surface area contributed by atoms with E-state index in [0.29, 0.717) is 36.9 Å². The van der Waals surface area contributed by atoms with Crippen LogP contribution in [0.1, 0.15) is 54.4 Å². The Morgan fingerprint density at radius 1 is 1.21 bits per heavy atom. The third kappa shape index (κ3) is 3.92. The van der Waals surface area contributed by atoms with Crippen LogP contribution in [0.15, 0.2) is 27.8 Å². The Hall–Kier alpha value is -3.03. The van der Waals surface area contributed by atoms with Gasteiger partial charge in [0.15, 0.2) is 5.82 Å². The zero-order valence-corrected chi connectivity index (χ0v) is 17.0. The third-order valence-electron chi connectivity index (χ3n) is 5.47. The van der Waals surface area contributed by atoms with Gasteiger partial charge in [-0.3, -0.25) is 9.59 Å². The van der Waals surface area contributed by atoms with E-state index in [-0.39, 0.29) is 24.2 Å². The minimum absolute atomic E-state index is 0.0369. The summed E-state index contributed by atoms with van der Waals surface area (Å²) in [5.41, 5.74) is 3.15. The maximum Gasteiger partial charge on any atom is 0.270 e. The van der Waals surface area contributed by atoms with Gasteiger partial charge in [0.1, 0.15) is 5.71 Å². The van der Waals surface area contributed by atoms with E-state index in [1.807, 2.05) is 32.0 Å². The van der Waals surface area contributed by atoms with E-state index in [1.165, 1.54) is 5.01 Å². The maximum atomic E-state index is 13.2. The summed E-state index contributed by atoms with van der Waals surface area (Å²) in [6.45, 7) is 6.89. The number of hydrogen-bond acceptors (Lipinski definition) is 6. The Kier molecular flexibility index (Phi) is 5.17. The maximum absolute atomic E-state index is 13.2. The highest BCUT2D eigenvalue weighted by atomic mass is 16.5. The molecule has 0 N–H and O–H groups in total. The predicted octanol–water partition coefficient (Wildman–Crippen LogP) is 2.88. The molecule has 4 rings (SSSR count). The molecule has 0 radical (unpaired) electrons. The normalized spacial score (nSPS) is 20.0. The van der Waals surface area contributed by atoms with Crippen molar-refractivity contribution in [3.63, 3.8) is 0 Å². The lowest BCUT2D eigenvalue weighted by Crippen LogP contribution is -2.45. The first-order valence-corrected chi connectivity index (χ1v) is 9.99. The molecule has 2 aromatic rings. The molecule has 0 saturated carbocycles. The molecule has 2 aliphatic heterocycles. The molecule has 2 amide bonds. The minimum atomic E-state index is -0.117. The van der Waals surface area contributed by atoms with Crippen molar-refractivity contribution >= 4 is 23.2 Å². The lowest BCUT2D eigenvalue weighted by Gasteiger charge is -2.32. The highest BCUT2D eigenvalue weighted by Crippen LogP contribution is 2.28. The van der Waals surface area contributed by atoms with Crippen molar-refractivity contribution in [3.8, 4) is 0 Å². The second-order valence-electron chi connectivity index (χ2n) is 7.81. The fourth-order valence-electron chi connectivity index (χ4n) is 3.87. The van der Waals surface area contributed by atoms with Gasteiger partial charge in [0.05, 0.1) is 11.6 Å². The lowest BCUT2D eigenvalue weighted by atomic mass is 9.97. The van der Waals surface area contributed by atoms with Gasteiger partial charge in [-0.2, -0.15) is 10.1 Å². The molecule has 152 valence electrons. The summed E-state index contributed by atoms with van der Waals surface area (Å²) in [5, 5.41) is 9.72. The van der Waals surface area contributed by atoms with Crippen LogP contribution in [-0.4, -0.2) is 45.7 Å². The average Bonchev–Trinajstić information content (AvgIpc) is 3.16. The van der Waals surface area contributed by atoms with Crippen molar-refractivity contribution in [3.05, 3.63) is 41.0 Å². The Balaban J connectivity index is 1.56. The smallest absolute Gasteiger partial charge is 0.270 e. The van der Waals surface area contributed by atoms with Crippen LogP contribution in [0.5, 0.6) is 0 Å². The number of aromatic nitrogens is 2. The van der Waals surface area contributed by atoms with E-state index in [9.17, 15) is 9.59 Å². The SMILES string of the molecule is Cc1ccc(C)c(N2N=C(C(=O)N3CCCC(c4nc(C)no4)C3)CCC2=O)c1. The number of amides is 2. The largest absolute Gasteiger partial charge is 0.339 e. The number of hydrogen-bond donors (Lipinski definition) is 0. The summed E-state index contributed by atoms with van der Waals surface area (Å²) < 4.78 is 5.31. The fourth-order valence-corrected chi connectivity index (χ4v) is 3.87. The van der Waals surface area contributed by atoms with Crippen LogP contribution in [0.2, 0.25) is 0 Å². The molecule has 29 heavy (non-hydrogen) atoms. The van der Waals surface area contributed by atoms with E-state index in [0.717, 1.165) is 29.7 Å². The summed E-state index contributed by atoms with van der Waals surface area (Å²) >= 11 is 0. The van der Waals surface area contributed by atoms with Crippen LogP contribution >= 0.6 is 0 Å². The molecule has 2 aliphatic rings. The molecule has 1 atom stereocenters. The first-order chi connectivity index (χ1) is 13.9. The molecule has 0 bridgehead atoms. The predicted molar refractivity (Wildman–Crippen MR) is 108 cm³/mol. The van der Waals surface area contributed by atoms with Gasteiger partial charge < -0.3 is 9.42 Å². The first-order valence-electron chi connectivity index (χ1n) is 9.99. The van der Waals surface area contributed by atoms with Crippen LogP contribution in [0.4, 0.5) is 5.69 Å². The van der Waals surface area contributed by atoms with Gasteiger partial charge in [-0.05, 0) is 50.8 Å². The van der Waals surface area contributed by atoms with Gasteiger partial charge in [-0.15, -0.1) is 0 Å². The zero-order chi connectivity index (χ0) is 20.5. The van der Waals surface area contributed by atoms with Crippen LogP contribution in [-0.2, 0) is 9.59 Å². The Morgan fingerprint density at radius 3 is 2.79 bits per heavy atom. The van der Waals surface area contributed by atoms with Crippen molar-refractivity contribution in [2.24, 2.45) is 5.10 Å². The van der Waals surface area contributed by atoms with Crippen LogP contribution in [0.25, 0.3) is 0 Å². The number of carbonyl (C=O) groups is 2. The number of hydrazone groups is 1. The number of aryl methyl sites for hydroxylation is 3. The van der Waals surface area contributed by atoms with Crippen molar-refractivity contribution in [2.75, 3.05) is 18.1 Å². The molecule has 1 aromatic carbocycles. The molecule has 1 fully saturated rings. The van der Waals surface area contributed by atoms with E-state index >= 15 is 0 Å². The van der Waals surface area contributed by atoms with Crippen LogP contribution in [0.3, 0.4) is 0 Å². The van der Waals surface area contributed by atoms with Crippen molar-refractivity contribution in [1.82, 2.24) is 15.0 Å². The van der Waals surface area contributed by atoms with Gasteiger partial charge in [-0.1, -0.05) is 17.3 Å². The number of anilines is 1. The summed E-state index contributed by atoms with van der Waals surface area (Å²) in [6, 6.07) is 5.89. The molecule has 1 unspecified atom stereocenters. The molecule has 0 spiro atoms. The fraction of sp³-hybridized carbons (Fsp3) is 0.476. The number of benzene rings is 1. The molecule has 1 aromatic heterocycles. The number of nitrogens with zero attached hydrogens (tertiary/aromatic N) is 5. The van der Waals surface area contributed by atoms with E-state index in [4.69, 9.17) is 4.52 Å². The van der Waals surface area contributed by atoms with Crippen LogP contribution in [0, 0.1) is 20.8 Å². The van der Waals surface area contributed by atoms with Gasteiger partial charge >= 0.3 is 0 Å². The number of carbonyl (C=O) groups excluding carboxylic acids is 2. The van der Waals surface area contributed by atoms with Crippen LogP contribution < -0.4 is 5.01 Å². The summed E-state index contributed by atoms with van der Waals surface area (Å²) in [7, 11) is 0. The van der Waals surface area contributed by atoms with Gasteiger partial charge in [0, 0.05) is 25.9 Å². The van der Waals surface area contributed by atoms with E-state index in [2.05, 4.69) is 15.2 Å². The third-order valence-corrected chi connectivity index (χ3v) is 5.47. The summed E-state index contributed by atoms with van der Waals surface area (Å²) in [6.07, 6.45) is 2.41. The van der Waals surface area contributed by atoms with Crippen molar-refractivity contribution in [2.45, 2.75) is 52.4 Å². The minimum Gasteiger partial charge on any atom is -0.339 e. The Bertz CT molecular complexity index is 980. The highest BCUT2D eigenvalue weighted by Gasteiger charge is 2.33. The zero-order valence-electron chi connectivity index (χ0n) is 17.0. The standard InChI is InChI=1S/C21H25N5O3/c1-13-6-7-14(2)18(11-13)26-19(27)9-8-17(23-26)21(28)25-10-4-5-16(12-25)20-22-15(3)24-29-20/h6-7,11,16H,4-5,8-10,12H2,1-3H3. The quantitative estimate of drug-likeness (QED) is 0.797. The van der Waals surface area contributed by atoms with Gasteiger partial charge in [0.25, 0.3) is 5.91 Å². The highest BCUT2D eigenvalue weighted by molar-refractivity contribution is 6.40. The van der Waals surface area contributed by atoms with Crippen molar-refractivity contribution in [1.29, 1.82) is 0 Å². The van der Waals surface area contributed by atoms with Gasteiger partial charge in [0.2, 0.25) is 11.8 Å². The van der Waals surface area contributed by atoms with E-state index in [1.54, 1.807) is 11.8 Å². The lowest BCUT2D eigenvalue weighted by molar-refractivity contribution is -0.125. The molecular weight excluding hydrogens is 370 g/mol.